The van der Waals surface area contributed by atoms with Crippen LogP contribution in [0.25, 0.3) is 0 Å². The Bertz CT molecular complexity index is 347. The van der Waals surface area contributed by atoms with Gasteiger partial charge in [0.1, 0.15) is 0 Å². The molecule has 4 bridgehead atoms. The maximum Gasteiger partial charge on any atom is 0.0681 e. The first-order chi connectivity index (χ1) is 7.73. The number of fused-ring (bicyclic) bond motifs is 9. The molecule has 0 aromatic rings. The van der Waals surface area contributed by atoms with Crippen molar-refractivity contribution in [2.75, 3.05) is 0 Å². The van der Waals surface area contributed by atoms with E-state index in [2.05, 4.69) is 19.1 Å². The first kappa shape index (κ1) is 9.70. The summed E-state index contributed by atoms with van der Waals surface area (Å²) in [4.78, 5) is 0. The molecule has 16 heavy (non-hydrogen) atoms. The second-order valence-corrected chi connectivity index (χ2v) is 6.76. The highest BCUT2D eigenvalue weighted by Gasteiger charge is 2.65. The van der Waals surface area contributed by atoms with Crippen LogP contribution in [0.4, 0.5) is 0 Å². The summed E-state index contributed by atoms with van der Waals surface area (Å²) in [6.07, 6.45) is 11.0. The smallest absolute Gasteiger partial charge is 0.0681 e. The highest BCUT2D eigenvalue weighted by atomic mass is 16.3. The number of hydrogen-bond donors (Lipinski definition) is 1. The molecule has 88 valence electrons. The van der Waals surface area contributed by atoms with Crippen LogP contribution in [0.3, 0.4) is 0 Å². The zero-order valence-electron chi connectivity index (χ0n) is 10.1. The van der Waals surface area contributed by atoms with Crippen LogP contribution in [-0.4, -0.2) is 10.7 Å². The molecule has 7 unspecified atom stereocenters. The number of hydrogen-bond acceptors (Lipinski definition) is 1. The van der Waals surface area contributed by atoms with E-state index in [1.54, 1.807) is 0 Å². The van der Waals surface area contributed by atoms with E-state index in [-0.39, 0.29) is 5.60 Å². The zero-order chi connectivity index (χ0) is 10.9. The number of aliphatic hydroxyl groups is 1. The topological polar surface area (TPSA) is 20.2 Å². The lowest BCUT2D eigenvalue weighted by atomic mass is 9.66. The van der Waals surface area contributed by atoms with Gasteiger partial charge < -0.3 is 5.11 Å². The lowest BCUT2D eigenvalue weighted by Crippen LogP contribution is -2.43. The van der Waals surface area contributed by atoms with Crippen LogP contribution in [-0.2, 0) is 0 Å². The molecule has 1 nitrogen and oxygen atoms in total. The van der Waals surface area contributed by atoms with Crippen molar-refractivity contribution in [2.45, 2.75) is 44.6 Å². The predicted molar refractivity (Wildman–Crippen MR) is 63.8 cm³/mol. The van der Waals surface area contributed by atoms with Crippen LogP contribution in [0.15, 0.2) is 12.2 Å². The van der Waals surface area contributed by atoms with Crippen LogP contribution in [0, 0.1) is 35.5 Å². The molecule has 1 heteroatoms. The molecule has 0 aliphatic heterocycles. The minimum absolute atomic E-state index is 0.279. The van der Waals surface area contributed by atoms with E-state index in [1.165, 1.54) is 12.8 Å². The Labute approximate surface area is 97.9 Å². The predicted octanol–water partition coefficient (Wildman–Crippen LogP) is 3.00. The Balaban J connectivity index is 1.68. The van der Waals surface area contributed by atoms with Crippen LogP contribution in [0.2, 0.25) is 0 Å². The SMILES string of the molecule is CCCC1(O)CC2CC1C1C3C=CC(C3)C21. The molecule has 0 spiro atoms. The van der Waals surface area contributed by atoms with Crippen molar-refractivity contribution in [3.05, 3.63) is 12.2 Å². The van der Waals surface area contributed by atoms with Crippen LogP contribution in [0.1, 0.15) is 39.0 Å². The molecular weight excluding hydrogens is 196 g/mol. The Kier molecular flexibility index (Phi) is 1.78. The van der Waals surface area contributed by atoms with Gasteiger partial charge in [-0.25, -0.2) is 0 Å². The fourth-order valence-corrected chi connectivity index (χ4v) is 5.89. The summed E-state index contributed by atoms with van der Waals surface area (Å²) in [6, 6.07) is 0. The Morgan fingerprint density at radius 1 is 1.19 bits per heavy atom. The third-order valence-electron chi connectivity index (χ3n) is 6.14. The van der Waals surface area contributed by atoms with Gasteiger partial charge in [0.15, 0.2) is 0 Å². The summed E-state index contributed by atoms with van der Waals surface area (Å²) in [7, 11) is 0. The van der Waals surface area contributed by atoms with E-state index in [4.69, 9.17) is 0 Å². The lowest BCUT2D eigenvalue weighted by Gasteiger charge is -2.42. The molecule has 0 heterocycles. The van der Waals surface area contributed by atoms with Crippen molar-refractivity contribution in [3.63, 3.8) is 0 Å². The third-order valence-corrected chi connectivity index (χ3v) is 6.14. The van der Waals surface area contributed by atoms with E-state index in [1.807, 2.05) is 0 Å². The summed E-state index contributed by atoms with van der Waals surface area (Å²) in [6.45, 7) is 2.21. The summed E-state index contributed by atoms with van der Waals surface area (Å²) in [5, 5.41) is 10.8. The summed E-state index contributed by atoms with van der Waals surface area (Å²) in [5.41, 5.74) is -0.279. The molecule has 0 radical (unpaired) electrons. The van der Waals surface area contributed by atoms with Gasteiger partial charge in [-0.3, -0.25) is 0 Å². The van der Waals surface area contributed by atoms with Gasteiger partial charge in [-0.1, -0.05) is 25.5 Å². The minimum Gasteiger partial charge on any atom is -0.390 e. The molecule has 7 atom stereocenters. The maximum absolute atomic E-state index is 10.8. The second-order valence-electron chi connectivity index (χ2n) is 6.76. The van der Waals surface area contributed by atoms with Gasteiger partial charge >= 0.3 is 0 Å². The molecular formula is C15H22O. The third kappa shape index (κ3) is 0.971. The molecule has 3 fully saturated rings. The van der Waals surface area contributed by atoms with Gasteiger partial charge in [-0.05, 0) is 61.2 Å². The first-order valence-electron chi connectivity index (χ1n) is 7.13. The van der Waals surface area contributed by atoms with Crippen molar-refractivity contribution in [1.29, 1.82) is 0 Å². The average molecular weight is 218 g/mol. The number of rotatable bonds is 2. The summed E-state index contributed by atoms with van der Waals surface area (Å²) < 4.78 is 0. The highest BCUT2D eigenvalue weighted by Crippen LogP contribution is 2.68. The highest BCUT2D eigenvalue weighted by molar-refractivity contribution is 5.23. The van der Waals surface area contributed by atoms with Gasteiger partial charge in [0.25, 0.3) is 0 Å². The molecule has 4 rings (SSSR count). The molecule has 0 saturated heterocycles. The standard InChI is InChI=1S/C15H22O/c1-2-5-15(16)8-11-7-12(15)14-10-4-3-9(6-10)13(11)14/h3-4,9-14,16H,2,5-8H2,1H3. The van der Waals surface area contributed by atoms with Crippen molar-refractivity contribution in [1.82, 2.24) is 0 Å². The Morgan fingerprint density at radius 2 is 1.94 bits per heavy atom. The van der Waals surface area contributed by atoms with Crippen LogP contribution >= 0.6 is 0 Å². The molecule has 4 aliphatic carbocycles. The molecule has 0 amide bonds. The molecule has 3 saturated carbocycles. The summed E-state index contributed by atoms with van der Waals surface area (Å²) in [5.74, 6) is 5.01. The largest absolute Gasteiger partial charge is 0.390 e. The van der Waals surface area contributed by atoms with Crippen molar-refractivity contribution in [3.8, 4) is 0 Å². The molecule has 4 aliphatic rings. The van der Waals surface area contributed by atoms with Gasteiger partial charge in [0.05, 0.1) is 5.60 Å². The fraction of sp³-hybridized carbons (Fsp3) is 0.867. The fourth-order valence-electron chi connectivity index (χ4n) is 5.89. The van der Waals surface area contributed by atoms with Crippen molar-refractivity contribution in [2.24, 2.45) is 35.5 Å². The first-order valence-corrected chi connectivity index (χ1v) is 7.13. The van der Waals surface area contributed by atoms with Gasteiger partial charge in [0, 0.05) is 0 Å². The Morgan fingerprint density at radius 3 is 2.69 bits per heavy atom. The second kappa shape index (κ2) is 2.93. The molecule has 0 aromatic carbocycles. The Hall–Kier alpha value is -0.300. The maximum atomic E-state index is 10.8. The van der Waals surface area contributed by atoms with E-state index in [9.17, 15) is 5.11 Å². The molecule has 1 N–H and O–H groups in total. The average Bonchev–Trinajstić information content (AvgIpc) is 2.91. The number of allylic oxidation sites excluding steroid dienone is 2. The minimum atomic E-state index is -0.279. The van der Waals surface area contributed by atoms with Gasteiger partial charge in [-0.15, -0.1) is 0 Å². The molecule has 0 aromatic heterocycles. The van der Waals surface area contributed by atoms with Gasteiger partial charge in [-0.2, -0.15) is 0 Å². The van der Waals surface area contributed by atoms with E-state index >= 15 is 0 Å². The zero-order valence-corrected chi connectivity index (χ0v) is 10.1. The lowest BCUT2D eigenvalue weighted by molar-refractivity contribution is -0.0607. The van der Waals surface area contributed by atoms with Gasteiger partial charge in [0.2, 0.25) is 0 Å². The van der Waals surface area contributed by atoms with E-state index in [0.717, 1.165) is 48.9 Å². The van der Waals surface area contributed by atoms with Crippen molar-refractivity contribution >= 4 is 0 Å². The monoisotopic (exact) mass is 218 g/mol. The normalized spacial score (nSPS) is 60.9. The van der Waals surface area contributed by atoms with Crippen molar-refractivity contribution < 1.29 is 5.11 Å². The summed E-state index contributed by atoms with van der Waals surface area (Å²) >= 11 is 0. The van der Waals surface area contributed by atoms with E-state index in [0.29, 0.717) is 5.92 Å². The van der Waals surface area contributed by atoms with Crippen LogP contribution < -0.4 is 0 Å². The van der Waals surface area contributed by atoms with Crippen LogP contribution in [0.5, 0.6) is 0 Å². The quantitative estimate of drug-likeness (QED) is 0.558. The van der Waals surface area contributed by atoms with E-state index < -0.39 is 0 Å².